The maximum atomic E-state index is 12.1. The van der Waals surface area contributed by atoms with Crippen molar-refractivity contribution in [2.75, 3.05) is 13.1 Å². The monoisotopic (exact) mass is 275 g/mol. The highest BCUT2D eigenvalue weighted by Gasteiger charge is 2.23. The van der Waals surface area contributed by atoms with Gasteiger partial charge in [0.2, 0.25) is 0 Å². The second kappa shape index (κ2) is 7.78. The number of aromatic nitrogens is 1. The Bertz CT molecular complexity index is 425. The molecule has 2 amide bonds. The average Bonchev–Trinajstić information content (AvgIpc) is 3.12. The molecule has 2 heterocycles. The third-order valence-electron chi connectivity index (χ3n) is 3.71. The summed E-state index contributed by atoms with van der Waals surface area (Å²) in [7, 11) is 0. The number of nitrogens with one attached hydrogen (secondary N) is 1. The molecule has 4 nitrogen and oxygen atoms in total. The van der Waals surface area contributed by atoms with Gasteiger partial charge in [-0.1, -0.05) is 31.9 Å². The van der Waals surface area contributed by atoms with Gasteiger partial charge in [0.1, 0.15) is 0 Å². The van der Waals surface area contributed by atoms with Crippen LogP contribution in [-0.2, 0) is 6.54 Å². The molecule has 1 N–H and O–H groups in total. The lowest BCUT2D eigenvalue weighted by molar-refractivity contribution is 0.194. The molecule has 0 spiro atoms. The van der Waals surface area contributed by atoms with E-state index in [4.69, 9.17) is 0 Å². The number of nitrogens with zero attached hydrogens (tertiary/aromatic N) is 2. The maximum Gasteiger partial charge on any atom is 0.318 e. The lowest BCUT2D eigenvalue weighted by atomic mass is 10.1. The molecule has 1 unspecified atom stereocenters. The molecule has 4 heteroatoms. The standard InChI is InChI=1S/C16H25N3O/c1-2-3-8-15-9-6-14-19(15)16(20)17-10-7-13-18-11-4-5-12-18/h4-6,9,11-12,15H,2-3,7-8,10,13-14H2,1H3,(H,17,20). The number of rotatable bonds is 7. The van der Waals surface area contributed by atoms with E-state index in [1.54, 1.807) is 0 Å². The van der Waals surface area contributed by atoms with Crippen LogP contribution in [0.3, 0.4) is 0 Å². The van der Waals surface area contributed by atoms with Crippen molar-refractivity contribution in [2.45, 2.75) is 45.2 Å². The van der Waals surface area contributed by atoms with Crippen LogP contribution < -0.4 is 5.32 Å². The molecule has 20 heavy (non-hydrogen) atoms. The first-order valence-electron chi connectivity index (χ1n) is 7.63. The number of hydrogen-bond acceptors (Lipinski definition) is 1. The molecule has 0 saturated heterocycles. The number of carbonyl (C=O) groups excluding carboxylic acids is 1. The summed E-state index contributed by atoms with van der Waals surface area (Å²) in [6.45, 7) is 4.61. The van der Waals surface area contributed by atoms with Gasteiger partial charge in [-0.25, -0.2) is 4.79 Å². The van der Waals surface area contributed by atoms with Gasteiger partial charge >= 0.3 is 6.03 Å². The number of unbranched alkanes of at least 4 members (excludes halogenated alkanes) is 1. The Morgan fingerprint density at radius 3 is 2.85 bits per heavy atom. The second-order valence-corrected chi connectivity index (χ2v) is 5.30. The molecule has 0 bridgehead atoms. The Morgan fingerprint density at radius 2 is 2.10 bits per heavy atom. The van der Waals surface area contributed by atoms with Crippen LogP contribution in [0.5, 0.6) is 0 Å². The molecule has 1 atom stereocenters. The summed E-state index contributed by atoms with van der Waals surface area (Å²) in [5.41, 5.74) is 0. The first-order valence-corrected chi connectivity index (χ1v) is 7.63. The minimum atomic E-state index is 0.0728. The van der Waals surface area contributed by atoms with Gasteiger partial charge in [0.25, 0.3) is 0 Å². The third-order valence-corrected chi connectivity index (χ3v) is 3.71. The average molecular weight is 275 g/mol. The van der Waals surface area contributed by atoms with Crippen molar-refractivity contribution >= 4 is 6.03 Å². The predicted molar refractivity (Wildman–Crippen MR) is 81.6 cm³/mol. The van der Waals surface area contributed by atoms with Gasteiger partial charge in [-0.2, -0.15) is 0 Å². The van der Waals surface area contributed by atoms with E-state index < -0.39 is 0 Å². The van der Waals surface area contributed by atoms with Gasteiger partial charge < -0.3 is 14.8 Å². The van der Waals surface area contributed by atoms with Crippen molar-refractivity contribution in [3.63, 3.8) is 0 Å². The van der Waals surface area contributed by atoms with Crippen LogP contribution in [0.15, 0.2) is 36.7 Å². The molecule has 110 valence electrons. The second-order valence-electron chi connectivity index (χ2n) is 5.30. The van der Waals surface area contributed by atoms with Crippen molar-refractivity contribution in [1.29, 1.82) is 0 Å². The maximum absolute atomic E-state index is 12.1. The molecule has 0 saturated carbocycles. The zero-order valence-corrected chi connectivity index (χ0v) is 12.3. The number of urea groups is 1. The van der Waals surface area contributed by atoms with E-state index in [-0.39, 0.29) is 6.03 Å². The third kappa shape index (κ3) is 4.15. The Morgan fingerprint density at radius 1 is 1.30 bits per heavy atom. The highest BCUT2D eigenvalue weighted by Crippen LogP contribution is 2.15. The van der Waals surface area contributed by atoms with Crippen LogP contribution in [0.2, 0.25) is 0 Å². The molecule has 0 fully saturated rings. The number of aryl methyl sites for hydroxylation is 1. The van der Waals surface area contributed by atoms with Crippen LogP contribution in [0.4, 0.5) is 4.79 Å². The van der Waals surface area contributed by atoms with Crippen molar-refractivity contribution in [3.8, 4) is 0 Å². The van der Waals surface area contributed by atoms with Crippen LogP contribution in [-0.4, -0.2) is 34.6 Å². The van der Waals surface area contributed by atoms with E-state index >= 15 is 0 Å². The molecule has 0 aliphatic carbocycles. The van der Waals surface area contributed by atoms with Crippen molar-refractivity contribution in [3.05, 3.63) is 36.7 Å². The summed E-state index contributed by atoms with van der Waals surface area (Å²) in [4.78, 5) is 14.1. The fourth-order valence-corrected chi connectivity index (χ4v) is 2.55. The van der Waals surface area contributed by atoms with Gasteiger partial charge in [0.15, 0.2) is 0 Å². The highest BCUT2D eigenvalue weighted by atomic mass is 16.2. The Balaban J connectivity index is 1.66. The normalized spacial score (nSPS) is 17.6. The lowest BCUT2D eigenvalue weighted by Crippen LogP contribution is -2.43. The minimum absolute atomic E-state index is 0.0728. The number of carbonyl (C=O) groups is 1. The molecule has 1 aliphatic rings. The molecular weight excluding hydrogens is 250 g/mol. The van der Waals surface area contributed by atoms with Crippen LogP contribution >= 0.6 is 0 Å². The Labute approximate surface area is 121 Å². The zero-order valence-electron chi connectivity index (χ0n) is 12.3. The lowest BCUT2D eigenvalue weighted by Gasteiger charge is -2.24. The number of amides is 2. The van der Waals surface area contributed by atoms with Gasteiger partial charge in [-0.15, -0.1) is 0 Å². The fraction of sp³-hybridized carbons (Fsp3) is 0.562. The fourth-order valence-electron chi connectivity index (χ4n) is 2.55. The largest absolute Gasteiger partial charge is 0.354 e. The van der Waals surface area contributed by atoms with E-state index in [2.05, 4.69) is 29.0 Å². The molecular formula is C16H25N3O. The number of hydrogen-bond donors (Lipinski definition) is 1. The van der Waals surface area contributed by atoms with E-state index in [0.29, 0.717) is 6.04 Å². The first-order chi connectivity index (χ1) is 9.81. The van der Waals surface area contributed by atoms with E-state index in [9.17, 15) is 4.79 Å². The molecule has 0 aromatic carbocycles. The molecule has 0 radical (unpaired) electrons. The van der Waals surface area contributed by atoms with Gasteiger partial charge in [-0.3, -0.25) is 0 Å². The van der Waals surface area contributed by atoms with Crippen LogP contribution in [0.25, 0.3) is 0 Å². The summed E-state index contributed by atoms with van der Waals surface area (Å²) in [6, 6.07) is 4.41. The summed E-state index contributed by atoms with van der Waals surface area (Å²) < 4.78 is 2.13. The summed E-state index contributed by atoms with van der Waals surface area (Å²) in [5.74, 6) is 0. The summed E-state index contributed by atoms with van der Waals surface area (Å²) in [6.07, 6.45) is 12.7. The minimum Gasteiger partial charge on any atom is -0.354 e. The van der Waals surface area contributed by atoms with Gasteiger partial charge in [-0.05, 0) is 25.0 Å². The van der Waals surface area contributed by atoms with Crippen molar-refractivity contribution < 1.29 is 4.79 Å². The van der Waals surface area contributed by atoms with Gasteiger partial charge in [0.05, 0.1) is 6.04 Å². The molecule has 1 aromatic heterocycles. The Kier molecular flexibility index (Phi) is 5.71. The van der Waals surface area contributed by atoms with Crippen LogP contribution in [0, 0.1) is 0 Å². The van der Waals surface area contributed by atoms with E-state index in [1.807, 2.05) is 29.4 Å². The van der Waals surface area contributed by atoms with Crippen LogP contribution in [0.1, 0.15) is 32.6 Å². The Hall–Kier alpha value is -1.71. The quantitative estimate of drug-likeness (QED) is 0.603. The smallest absolute Gasteiger partial charge is 0.318 e. The molecule has 2 rings (SSSR count). The first kappa shape index (κ1) is 14.7. The molecule has 1 aromatic rings. The van der Waals surface area contributed by atoms with Crippen molar-refractivity contribution in [2.24, 2.45) is 0 Å². The van der Waals surface area contributed by atoms with E-state index in [0.717, 1.165) is 32.5 Å². The van der Waals surface area contributed by atoms with E-state index in [1.165, 1.54) is 12.8 Å². The van der Waals surface area contributed by atoms with Gasteiger partial charge in [0, 0.05) is 32.0 Å². The highest BCUT2D eigenvalue weighted by molar-refractivity contribution is 5.75. The van der Waals surface area contributed by atoms with Crippen molar-refractivity contribution in [1.82, 2.24) is 14.8 Å². The summed E-state index contributed by atoms with van der Waals surface area (Å²) >= 11 is 0. The zero-order chi connectivity index (χ0) is 14.2. The molecule has 1 aliphatic heterocycles. The summed E-state index contributed by atoms with van der Waals surface area (Å²) in [5, 5.41) is 3.03. The topological polar surface area (TPSA) is 37.3 Å². The predicted octanol–water partition coefficient (Wildman–Crippen LogP) is 3.02. The SMILES string of the molecule is CCCCC1C=CCN1C(=O)NCCCn1cccc1.